The van der Waals surface area contributed by atoms with Gasteiger partial charge in [-0.25, -0.2) is 4.79 Å². The molecule has 0 heterocycles. The molecule has 6 nitrogen and oxygen atoms in total. The molecule has 7 heteroatoms. The molecule has 0 fully saturated rings. The zero-order valence-electron chi connectivity index (χ0n) is 13.8. The number of hydrogen-bond donors (Lipinski definition) is 3. The second-order valence-electron chi connectivity index (χ2n) is 5.19. The maximum absolute atomic E-state index is 10.8. The van der Waals surface area contributed by atoms with Gasteiger partial charge in [-0.15, -0.1) is 0 Å². The van der Waals surface area contributed by atoms with Crippen molar-refractivity contribution < 1.29 is 20.9 Å². The molecule has 0 aliphatic rings. The van der Waals surface area contributed by atoms with E-state index in [1.165, 1.54) is 6.92 Å². The van der Waals surface area contributed by atoms with E-state index in [1.54, 1.807) is 30.3 Å². The lowest BCUT2D eigenvalue weighted by Crippen LogP contribution is -2.32. The summed E-state index contributed by atoms with van der Waals surface area (Å²) >= 11 is 0. The van der Waals surface area contributed by atoms with Crippen LogP contribution >= 0.6 is 0 Å². The zero-order valence-corrected chi connectivity index (χ0v) is 13.8. The summed E-state index contributed by atoms with van der Waals surface area (Å²) in [6.07, 6.45) is 0. The average molecular weight is 356 g/mol. The van der Waals surface area contributed by atoms with Crippen molar-refractivity contribution in [1.29, 1.82) is 0 Å². The first-order chi connectivity index (χ1) is 11.8. The summed E-state index contributed by atoms with van der Waals surface area (Å²) in [5.41, 5.74) is 6.95. The Bertz CT molecular complexity index is 714. The van der Waals surface area contributed by atoms with Crippen LogP contribution in [0.15, 0.2) is 60.7 Å². The SMILES string of the molecule is C.CC(=O)[C@@H](N)c1ccccc1.[B]C(=O)N[C@H](C(=O)O)c1ccccc1.[HH]. The Morgan fingerprint density at radius 3 is 1.77 bits per heavy atom. The van der Waals surface area contributed by atoms with E-state index in [2.05, 4.69) is 5.32 Å². The Hall–Kier alpha value is -2.93. The van der Waals surface area contributed by atoms with Gasteiger partial charge >= 0.3 is 5.97 Å². The summed E-state index contributed by atoms with van der Waals surface area (Å²) in [5.74, 6) is -2.01. The largest absolute Gasteiger partial charge is 0.479 e. The lowest BCUT2D eigenvalue weighted by atomic mass is 10.0. The molecule has 2 aromatic carbocycles. The van der Waals surface area contributed by atoms with E-state index in [-0.39, 0.29) is 14.6 Å². The second kappa shape index (κ2) is 11.6. The van der Waals surface area contributed by atoms with Crippen LogP contribution in [-0.4, -0.2) is 30.5 Å². The van der Waals surface area contributed by atoms with Crippen molar-refractivity contribution in [2.75, 3.05) is 0 Å². The maximum Gasteiger partial charge on any atom is 0.330 e. The van der Waals surface area contributed by atoms with Gasteiger partial charge < -0.3 is 16.2 Å². The molecule has 26 heavy (non-hydrogen) atoms. The summed E-state index contributed by atoms with van der Waals surface area (Å²) in [5, 5.41) is 10.9. The molecule has 0 saturated heterocycles. The summed E-state index contributed by atoms with van der Waals surface area (Å²) in [4.78, 5) is 32.1. The number of rotatable bonds is 5. The third-order valence-corrected chi connectivity index (χ3v) is 3.26. The molecule has 1 amide bonds. The third-order valence-electron chi connectivity index (χ3n) is 3.26. The number of aliphatic carboxylic acids is 1. The van der Waals surface area contributed by atoms with Gasteiger partial charge in [-0.05, 0) is 18.1 Å². The van der Waals surface area contributed by atoms with E-state index in [1.807, 2.05) is 30.3 Å². The van der Waals surface area contributed by atoms with Crippen molar-refractivity contribution in [1.82, 2.24) is 5.32 Å². The monoisotopic (exact) mass is 356 g/mol. The molecule has 0 saturated carbocycles. The van der Waals surface area contributed by atoms with Gasteiger partial charge in [0.05, 0.1) is 6.04 Å². The minimum absolute atomic E-state index is 0. The predicted molar refractivity (Wildman–Crippen MR) is 104 cm³/mol. The highest BCUT2D eigenvalue weighted by Crippen LogP contribution is 2.12. The lowest BCUT2D eigenvalue weighted by Gasteiger charge is -2.13. The van der Waals surface area contributed by atoms with E-state index in [4.69, 9.17) is 18.7 Å². The number of amides is 1. The number of nitrogens with one attached hydrogen (secondary N) is 1. The quantitative estimate of drug-likeness (QED) is 0.714. The minimum Gasteiger partial charge on any atom is -0.479 e. The highest BCUT2D eigenvalue weighted by molar-refractivity contribution is 6.57. The van der Waals surface area contributed by atoms with Gasteiger partial charge in [0.25, 0.3) is 0 Å². The minimum atomic E-state index is -1.14. The second-order valence-corrected chi connectivity index (χ2v) is 5.19. The maximum atomic E-state index is 10.8. The number of carboxylic acids is 1. The van der Waals surface area contributed by atoms with Gasteiger partial charge in [-0.1, -0.05) is 68.1 Å². The number of nitrogens with two attached hydrogens (primary N) is 1. The first kappa shape index (κ1) is 23.1. The fourth-order valence-corrected chi connectivity index (χ4v) is 1.97. The number of carboxylic acid groups (broad SMARTS) is 1. The summed E-state index contributed by atoms with van der Waals surface area (Å²) in [6, 6.07) is 16.1. The molecule has 138 valence electrons. The zero-order chi connectivity index (χ0) is 18.8. The Labute approximate surface area is 156 Å². The number of Topliss-reactive ketones (excluding diaryl/α,β-unsaturated/α-hetero) is 1. The Morgan fingerprint density at radius 1 is 1.00 bits per heavy atom. The molecular weight excluding hydrogens is 331 g/mol. The van der Waals surface area contributed by atoms with Gasteiger partial charge in [-0.2, -0.15) is 0 Å². The topological polar surface area (TPSA) is 109 Å². The van der Waals surface area contributed by atoms with Crippen molar-refractivity contribution in [2.45, 2.75) is 26.4 Å². The molecule has 0 bridgehead atoms. The molecule has 0 spiro atoms. The van der Waals surface area contributed by atoms with Crippen molar-refractivity contribution in [3.8, 4) is 0 Å². The summed E-state index contributed by atoms with van der Waals surface area (Å²) in [6.45, 7) is 1.50. The van der Waals surface area contributed by atoms with Gasteiger partial charge in [0.15, 0.2) is 17.6 Å². The number of ketones is 1. The standard InChI is InChI=1S/C9H8BNO3.C9H11NO.CH4.H2/c10-9(14)11-7(8(12)13)6-4-2-1-3-5-6;1-7(11)9(10)8-5-3-2-4-6-8;;/h1-5,7H,(H,11,14)(H,12,13);2-6,9H,10H2,1H3;1H4;1H/t7-;9-;;/m01../s1. The smallest absolute Gasteiger partial charge is 0.330 e. The lowest BCUT2D eigenvalue weighted by molar-refractivity contribution is -0.139. The normalized spacial score (nSPS) is 11.6. The van der Waals surface area contributed by atoms with Crippen molar-refractivity contribution in [3.05, 3.63) is 71.8 Å². The van der Waals surface area contributed by atoms with Gasteiger partial charge in [0.2, 0.25) is 7.85 Å². The third kappa shape index (κ3) is 7.76. The number of hydrogen-bond acceptors (Lipinski definition) is 4. The van der Waals surface area contributed by atoms with E-state index in [0.29, 0.717) is 5.56 Å². The van der Waals surface area contributed by atoms with E-state index < -0.39 is 23.9 Å². The Morgan fingerprint density at radius 2 is 1.42 bits per heavy atom. The highest BCUT2D eigenvalue weighted by atomic mass is 16.4. The van der Waals surface area contributed by atoms with Crippen LogP contribution in [-0.2, 0) is 9.59 Å². The molecule has 0 aliphatic heterocycles. The highest BCUT2D eigenvalue weighted by Gasteiger charge is 2.19. The fraction of sp³-hybridized carbons (Fsp3) is 0.211. The van der Waals surface area contributed by atoms with Crippen LogP contribution in [0, 0.1) is 0 Å². The van der Waals surface area contributed by atoms with E-state index in [0.717, 1.165) is 5.56 Å². The van der Waals surface area contributed by atoms with Crippen molar-refractivity contribution in [3.63, 3.8) is 0 Å². The van der Waals surface area contributed by atoms with Gasteiger partial charge in [0.1, 0.15) is 0 Å². The molecule has 0 aliphatic carbocycles. The first-order valence-electron chi connectivity index (χ1n) is 7.47. The summed E-state index contributed by atoms with van der Waals surface area (Å²) < 4.78 is 0. The summed E-state index contributed by atoms with van der Waals surface area (Å²) in [7, 11) is 4.86. The molecule has 0 unspecified atom stereocenters. The van der Waals surface area contributed by atoms with Crippen LogP contribution in [0.5, 0.6) is 0 Å². The van der Waals surface area contributed by atoms with Crippen LogP contribution in [0.2, 0.25) is 0 Å². The molecule has 4 N–H and O–H groups in total. The predicted octanol–water partition coefficient (Wildman–Crippen LogP) is 2.85. The van der Waals surface area contributed by atoms with Crippen LogP contribution in [0.1, 0.15) is 39.0 Å². The number of carbonyl (C=O) groups excluding carboxylic acids is 2. The van der Waals surface area contributed by atoms with Crippen molar-refractivity contribution in [2.24, 2.45) is 5.73 Å². The molecule has 2 rings (SSSR count). The van der Waals surface area contributed by atoms with Crippen LogP contribution in [0.25, 0.3) is 0 Å². The number of carbonyl (C=O) groups is 3. The first-order valence-corrected chi connectivity index (χ1v) is 7.47. The van der Waals surface area contributed by atoms with Crippen molar-refractivity contribution >= 4 is 25.4 Å². The number of benzene rings is 2. The van der Waals surface area contributed by atoms with Crippen LogP contribution in [0.3, 0.4) is 0 Å². The molecular formula is C19H25BN2O4. The van der Waals surface area contributed by atoms with Gasteiger partial charge in [0, 0.05) is 1.43 Å². The fourth-order valence-electron chi connectivity index (χ4n) is 1.97. The average Bonchev–Trinajstić information content (AvgIpc) is 2.60. The molecule has 2 atom stereocenters. The molecule has 0 aromatic heterocycles. The van der Waals surface area contributed by atoms with Crippen LogP contribution < -0.4 is 11.1 Å². The van der Waals surface area contributed by atoms with Crippen LogP contribution in [0.4, 0.5) is 4.79 Å². The molecule has 2 aromatic rings. The molecule has 2 radical (unpaired) electrons. The Balaban J connectivity index is 0. The van der Waals surface area contributed by atoms with E-state index in [9.17, 15) is 14.4 Å². The Kier molecular flexibility index (Phi) is 10.3. The van der Waals surface area contributed by atoms with E-state index >= 15 is 0 Å². The van der Waals surface area contributed by atoms with Gasteiger partial charge in [-0.3, -0.25) is 9.59 Å².